The van der Waals surface area contributed by atoms with Gasteiger partial charge in [-0.25, -0.2) is 9.97 Å². The van der Waals surface area contributed by atoms with Gasteiger partial charge in [0.1, 0.15) is 5.82 Å². The van der Waals surface area contributed by atoms with Crippen molar-refractivity contribution in [3.8, 4) is 56.8 Å². The Morgan fingerprint density at radius 3 is 1.44 bits per heavy atom. The minimum absolute atomic E-state index is 0.613. The standard InChI is InChI=1S/C41H26N4/c42-27-28-16-18-31(19-17-28)37-26-40(44-41(43-37)32-14-8-3-9-15-32)45-38-22-20-33(29-10-4-1-5-11-29)24-35(38)36-25-34(21-23-39(36)45)30-12-6-2-7-13-30/h1-26H. The van der Waals surface area contributed by atoms with Crippen LogP contribution in [0.25, 0.3) is 72.5 Å². The van der Waals surface area contributed by atoms with E-state index in [0.717, 1.165) is 55.6 Å². The molecule has 4 nitrogen and oxygen atoms in total. The van der Waals surface area contributed by atoms with Crippen LogP contribution in [-0.4, -0.2) is 14.5 Å². The van der Waals surface area contributed by atoms with E-state index in [1.165, 1.54) is 11.1 Å². The Morgan fingerprint density at radius 2 is 0.933 bits per heavy atom. The molecule has 6 aromatic carbocycles. The highest BCUT2D eigenvalue weighted by atomic mass is 15.1. The van der Waals surface area contributed by atoms with Crippen LogP contribution in [0.15, 0.2) is 158 Å². The monoisotopic (exact) mass is 574 g/mol. The van der Waals surface area contributed by atoms with Crippen molar-refractivity contribution in [3.05, 3.63) is 163 Å². The molecule has 0 atom stereocenters. The smallest absolute Gasteiger partial charge is 0.162 e. The van der Waals surface area contributed by atoms with E-state index >= 15 is 0 Å². The Kier molecular flexibility index (Phi) is 6.48. The third kappa shape index (κ3) is 4.83. The van der Waals surface area contributed by atoms with Crippen molar-refractivity contribution < 1.29 is 0 Å². The van der Waals surface area contributed by atoms with Gasteiger partial charge in [-0.1, -0.05) is 115 Å². The van der Waals surface area contributed by atoms with E-state index in [1.807, 2.05) is 72.8 Å². The number of rotatable bonds is 5. The van der Waals surface area contributed by atoms with Crippen molar-refractivity contribution in [1.82, 2.24) is 14.5 Å². The minimum Gasteiger partial charge on any atom is -0.294 e. The summed E-state index contributed by atoms with van der Waals surface area (Å²) in [5, 5.41) is 11.7. The summed E-state index contributed by atoms with van der Waals surface area (Å²) in [5.74, 6) is 1.42. The predicted molar refractivity (Wildman–Crippen MR) is 183 cm³/mol. The molecule has 8 aromatic rings. The molecule has 0 fully saturated rings. The van der Waals surface area contributed by atoms with Gasteiger partial charge in [-0.3, -0.25) is 4.57 Å². The third-order valence-corrected chi connectivity index (χ3v) is 8.26. The molecule has 0 spiro atoms. The Bertz CT molecular complexity index is 2250. The van der Waals surface area contributed by atoms with Crippen LogP contribution in [0.2, 0.25) is 0 Å². The maximum absolute atomic E-state index is 9.37. The summed E-state index contributed by atoms with van der Waals surface area (Å²) in [6.45, 7) is 0. The van der Waals surface area contributed by atoms with Gasteiger partial charge in [-0.2, -0.15) is 5.26 Å². The Morgan fingerprint density at radius 1 is 0.444 bits per heavy atom. The van der Waals surface area contributed by atoms with Crippen LogP contribution < -0.4 is 0 Å². The van der Waals surface area contributed by atoms with Crippen molar-refractivity contribution in [3.63, 3.8) is 0 Å². The molecule has 0 saturated carbocycles. The summed E-state index contributed by atoms with van der Waals surface area (Å²) in [6, 6.07) is 56.2. The molecule has 0 amide bonds. The first-order valence-corrected chi connectivity index (χ1v) is 14.9. The van der Waals surface area contributed by atoms with Crippen LogP contribution in [0.5, 0.6) is 0 Å². The van der Waals surface area contributed by atoms with Gasteiger partial charge in [-0.05, 0) is 58.7 Å². The Hall–Kier alpha value is -6.31. The van der Waals surface area contributed by atoms with Gasteiger partial charge in [0, 0.05) is 28.0 Å². The molecular formula is C41H26N4. The highest BCUT2D eigenvalue weighted by Crippen LogP contribution is 2.37. The Balaban J connectivity index is 1.41. The van der Waals surface area contributed by atoms with E-state index in [4.69, 9.17) is 9.97 Å². The zero-order valence-electron chi connectivity index (χ0n) is 24.3. The number of hydrogen-bond donors (Lipinski definition) is 0. The zero-order chi connectivity index (χ0) is 30.2. The van der Waals surface area contributed by atoms with Crippen LogP contribution in [0.3, 0.4) is 0 Å². The minimum atomic E-state index is 0.613. The van der Waals surface area contributed by atoms with Gasteiger partial charge in [0.2, 0.25) is 0 Å². The molecule has 0 aliphatic heterocycles. The van der Waals surface area contributed by atoms with Gasteiger partial charge in [0.05, 0.1) is 28.4 Å². The van der Waals surface area contributed by atoms with Gasteiger partial charge in [0.15, 0.2) is 5.82 Å². The Labute approximate surface area is 261 Å². The average Bonchev–Trinajstić information content (AvgIpc) is 3.45. The van der Waals surface area contributed by atoms with E-state index in [2.05, 4.69) is 95.6 Å². The summed E-state index contributed by atoms with van der Waals surface area (Å²) in [4.78, 5) is 10.2. The topological polar surface area (TPSA) is 54.5 Å². The van der Waals surface area contributed by atoms with Gasteiger partial charge in [0.25, 0.3) is 0 Å². The second-order valence-corrected chi connectivity index (χ2v) is 11.0. The third-order valence-electron chi connectivity index (χ3n) is 8.26. The SMILES string of the molecule is N#Cc1ccc(-c2cc(-n3c4ccc(-c5ccccc5)cc4c4cc(-c5ccccc5)ccc43)nc(-c3ccccc3)n2)cc1. The number of hydrogen-bond acceptors (Lipinski definition) is 3. The zero-order valence-corrected chi connectivity index (χ0v) is 24.3. The molecule has 8 rings (SSSR count). The summed E-state index contributed by atoms with van der Waals surface area (Å²) >= 11 is 0. The van der Waals surface area contributed by atoms with Gasteiger partial charge < -0.3 is 0 Å². The summed E-state index contributed by atoms with van der Waals surface area (Å²) in [5.41, 5.74) is 10.1. The largest absolute Gasteiger partial charge is 0.294 e. The van der Waals surface area contributed by atoms with Crippen LogP contribution in [-0.2, 0) is 0 Å². The summed E-state index contributed by atoms with van der Waals surface area (Å²) in [6.07, 6.45) is 0. The lowest BCUT2D eigenvalue weighted by Gasteiger charge is -2.12. The molecule has 0 bridgehead atoms. The predicted octanol–water partition coefficient (Wildman–Crippen LogP) is 10.1. The van der Waals surface area contributed by atoms with Crippen LogP contribution in [0.1, 0.15) is 5.56 Å². The van der Waals surface area contributed by atoms with E-state index < -0.39 is 0 Å². The van der Waals surface area contributed by atoms with Crippen molar-refractivity contribution in [1.29, 1.82) is 5.26 Å². The van der Waals surface area contributed by atoms with Crippen molar-refractivity contribution in [2.75, 3.05) is 0 Å². The van der Waals surface area contributed by atoms with Crippen molar-refractivity contribution >= 4 is 21.8 Å². The van der Waals surface area contributed by atoms with Crippen LogP contribution in [0.4, 0.5) is 0 Å². The molecule has 0 aliphatic carbocycles. The highest BCUT2D eigenvalue weighted by molar-refractivity contribution is 6.11. The molecule has 4 heteroatoms. The number of fused-ring (bicyclic) bond motifs is 3. The van der Waals surface area contributed by atoms with Gasteiger partial charge in [-0.15, -0.1) is 0 Å². The fourth-order valence-corrected chi connectivity index (χ4v) is 6.02. The van der Waals surface area contributed by atoms with E-state index in [1.54, 1.807) is 0 Å². The number of nitrogens with zero attached hydrogens (tertiary/aromatic N) is 4. The molecule has 0 saturated heterocycles. The molecule has 0 unspecified atom stereocenters. The molecule has 45 heavy (non-hydrogen) atoms. The summed E-state index contributed by atoms with van der Waals surface area (Å²) in [7, 11) is 0. The normalized spacial score (nSPS) is 11.1. The number of benzene rings is 6. The second-order valence-electron chi connectivity index (χ2n) is 11.0. The van der Waals surface area contributed by atoms with E-state index in [-0.39, 0.29) is 0 Å². The fraction of sp³-hybridized carbons (Fsp3) is 0. The lowest BCUT2D eigenvalue weighted by atomic mass is 10.0. The molecular weight excluding hydrogens is 548 g/mol. The average molecular weight is 575 g/mol. The molecule has 2 aromatic heterocycles. The first-order chi connectivity index (χ1) is 22.2. The number of aromatic nitrogens is 3. The van der Waals surface area contributed by atoms with Gasteiger partial charge >= 0.3 is 0 Å². The lowest BCUT2D eigenvalue weighted by Crippen LogP contribution is -2.02. The highest BCUT2D eigenvalue weighted by Gasteiger charge is 2.18. The van der Waals surface area contributed by atoms with Crippen molar-refractivity contribution in [2.45, 2.75) is 0 Å². The molecule has 210 valence electrons. The van der Waals surface area contributed by atoms with Crippen molar-refractivity contribution in [2.24, 2.45) is 0 Å². The molecule has 0 radical (unpaired) electrons. The first-order valence-electron chi connectivity index (χ1n) is 14.9. The maximum atomic E-state index is 9.37. The molecule has 2 heterocycles. The fourth-order valence-electron chi connectivity index (χ4n) is 6.02. The van der Waals surface area contributed by atoms with E-state index in [0.29, 0.717) is 11.4 Å². The van der Waals surface area contributed by atoms with E-state index in [9.17, 15) is 5.26 Å². The molecule has 0 aliphatic rings. The lowest BCUT2D eigenvalue weighted by molar-refractivity contribution is 1.05. The maximum Gasteiger partial charge on any atom is 0.162 e. The van der Waals surface area contributed by atoms with Crippen LogP contribution in [0, 0.1) is 11.3 Å². The molecule has 0 N–H and O–H groups in total. The number of nitriles is 1. The van der Waals surface area contributed by atoms with Crippen LogP contribution >= 0.6 is 0 Å². The first kappa shape index (κ1) is 26.3. The second kappa shape index (κ2) is 11.1. The quantitative estimate of drug-likeness (QED) is 0.205. The summed E-state index contributed by atoms with van der Waals surface area (Å²) < 4.78 is 2.25.